The van der Waals surface area contributed by atoms with E-state index in [-0.39, 0.29) is 23.5 Å². The highest BCUT2D eigenvalue weighted by molar-refractivity contribution is 5.75. The number of aryl methyl sites for hydroxylation is 1. The van der Waals surface area contributed by atoms with Gasteiger partial charge in [0.15, 0.2) is 18.1 Å². The predicted octanol–water partition coefficient (Wildman–Crippen LogP) is 4.53. The molecule has 0 heterocycles. The lowest BCUT2D eigenvalue weighted by Gasteiger charge is -2.23. The van der Waals surface area contributed by atoms with Gasteiger partial charge < -0.3 is 14.2 Å². The molecule has 0 saturated carbocycles. The van der Waals surface area contributed by atoms with Gasteiger partial charge >= 0.3 is 5.97 Å². The van der Waals surface area contributed by atoms with Crippen LogP contribution in [0.1, 0.15) is 37.5 Å². The van der Waals surface area contributed by atoms with E-state index in [1.165, 1.54) is 19.3 Å². The first-order valence-electron chi connectivity index (χ1n) is 9.04. The Morgan fingerprint density at radius 3 is 2.41 bits per heavy atom. The summed E-state index contributed by atoms with van der Waals surface area (Å²) in [4.78, 5) is 22.2. The van der Waals surface area contributed by atoms with Crippen molar-refractivity contribution >= 4 is 12.0 Å². The molecular weight excluding hydrogens is 374 g/mol. The molecule has 0 N–H and O–H groups in total. The Morgan fingerprint density at radius 2 is 1.79 bits per heavy atom. The van der Waals surface area contributed by atoms with Gasteiger partial charge in [-0.25, -0.2) is 4.79 Å². The van der Waals surface area contributed by atoms with Crippen LogP contribution < -0.4 is 14.2 Å². The van der Waals surface area contributed by atoms with Crippen LogP contribution in [0.3, 0.4) is 0 Å². The summed E-state index contributed by atoms with van der Waals surface area (Å²) in [7, 11) is 1.42. The number of esters is 1. The Hall–Kier alpha value is -3.35. The minimum Gasteiger partial charge on any atom is -0.493 e. The highest BCUT2D eigenvalue weighted by atomic mass is 16.6. The maximum Gasteiger partial charge on any atom is 0.349 e. The topological polar surface area (TPSA) is 87.9 Å². The summed E-state index contributed by atoms with van der Waals surface area (Å²) in [5.41, 5.74) is 2.52. The van der Waals surface area contributed by atoms with Gasteiger partial charge in [0.2, 0.25) is 6.20 Å². The van der Waals surface area contributed by atoms with Crippen molar-refractivity contribution in [1.29, 1.82) is 0 Å². The molecule has 2 rings (SSSR count). The van der Waals surface area contributed by atoms with Gasteiger partial charge in [-0.2, -0.15) is 0 Å². The fraction of sp³-hybridized carbons (Fsp3) is 0.318. The molecule has 0 aromatic heterocycles. The van der Waals surface area contributed by atoms with Gasteiger partial charge in [-0.05, 0) is 41.7 Å². The number of nitrogens with zero attached hydrogens (tertiary/aromatic N) is 1. The third kappa shape index (κ3) is 6.34. The minimum atomic E-state index is -0.586. The SMILES string of the molecule is COc1cc(C=C[N+](=O)[O-])ccc1OC(=O)COc1ccc(C)cc1C(C)(C)C. The zero-order valence-electron chi connectivity index (χ0n) is 17.2. The third-order valence-electron chi connectivity index (χ3n) is 4.09. The lowest BCUT2D eigenvalue weighted by molar-refractivity contribution is -0.400. The molecule has 2 aromatic carbocycles. The van der Waals surface area contributed by atoms with Crippen molar-refractivity contribution in [1.82, 2.24) is 0 Å². The molecule has 0 unspecified atom stereocenters. The third-order valence-corrected chi connectivity index (χ3v) is 4.09. The van der Waals surface area contributed by atoms with Crippen molar-refractivity contribution in [3.05, 3.63) is 69.4 Å². The highest BCUT2D eigenvalue weighted by Crippen LogP contribution is 2.32. The first-order chi connectivity index (χ1) is 13.6. The van der Waals surface area contributed by atoms with E-state index < -0.39 is 10.9 Å². The fourth-order valence-corrected chi connectivity index (χ4v) is 2.66. The molecule has 0 fully saturated rings. The van der Waals surface area contributed by atoms with E-state index in [9.17, 15) is 14.9 Å². The number of methoxy groups -OCH3 is 1. The van der Waals surface area contributed by atoms with Crippen molar-refractivity contribution in [3.8, 4) is 17.2 Å². The monoisotopic (exact) mass is 399 g/mol. The zero-order valence-corrected chi connectivity index (χ0v) is 17.2. The van der Waals surface area contributed by atoms with E-state index in [1.54, 1.807) is 12.1 Å². The van der Waals surface area contributed by atoms with E-state index >= 15 is 0 Å². The molecule has 0 spiro atoms. The minimum absolute atomic E-state index is 0.137. The molecule has 7 heteroatoms. The summed E-state index contributed by atoms with van der Waals surface area (Å²) in [6.45, 7) is 7.97. The molecule has 7 nitrogen and oxygen atoms in total. The Labute approximate surface area is 170 Å². The molecule has 0 amide bonds. The molecule has 0 bridgehead atoms. The summed E-state index contributed by atoms with van der Waals surface area (Å²) in [6, 6.07) is 10.5. The van der Waals surface area contributed by atoms with Gasteiger partial charge in [0.1, 0.15) is 5.75 Å². The van der Waals surface area contributed by atoms with Gasteiger partial charge in [0.05, 0.1) is 12.0 Å². The van der Waals surface area contributed by atoms with Crippen LogP contribution in [0.2, 0.25) is 0 Å². The highest BCUT2D eigenvalue weighted by Gasteiger charge is 2.20. The number of ether oxygens (including phenoxy) is 3. The van der Waals surface area contributed by atoms with Crippen molar-refractivity contribution in [3.63, 3.8) is 0 Å². The second kappa shape index (κ2) is 9.23. The van der Waals surface area contributed by atoms with Gasteiger partial charge in [-0.1, -0.05) is 44.5 Å². The summed E-state index contributed by atoms with van der Waals surface area (Å²) in [6.07, 6.45) is 2.14. The summed E-state index contributed by atoms with van der Waals surface area (Å²) in [5, 5.41) is 10.4. The van der Waals surface area contributed by atoms with Crippen LogP contribution in [0, 0.1) is 17.0 Å². The van der Waals surface area contributed by atoms with Gasteiger partial charge in [0.25, 0.3) is 0 Å². The van der Waals surface area contributed by atoms with Crippen LogP contribution in [0.15, 0.2) is 42.6 Å². The summed E-state index contributed by atoms with van der Waals surface area (Å²) >= 11 is 0. The van der Waals surface area contributed by atoms with E-state index in [0.717, 1.165) is 17.3 Å². The number of carbonyl (C=O) groups is 1. The van der Waals surface area contributed by atoms with Gasteiger partial charge in [-0.15, -0.1) is 0 Å². The second-order valence-electron chi connectivity index (χ2n) is 7.52. The van der Waals surface area contributed by atoms with Crippen LogP contribution in [-0.4, -0.2) is 24.6 Å². The zero-order chi connectivity index (χ0) is 21.6. The quantitative estimate of drug-likeness (QED) is 0.294. The van der Waals surface area contributed by atoms with E-state index in [0.29, 0.717) is 11.3 Å². The molecule has 154 valence electrons. The van der Waals surface area contributed by atoms with E-state index in [1.807, 2.05) is 25.1 Å². The van der Waals surface area contributed by atoms with Crippen molar-refractivity contribution < 1.29 is 23.9 Å². The normalized spacial score (nSPS) is 11.3. The van der Waals surface area contributed by atoms with Crippen molar-refractivity contribution in [2.24, 2.45) is 0 Å². The molecule has 29 heavy (non-hydrogen) atoms. The molecule has 0 atom stereocenters. The van der Waals surface area contributed by atoms with Crippen LogP contribution in [-0.2, 0) is 10.2 Å². The first-order valence-corrected chi connectivity index (χ1v) is 9.04. The first kappa shape index (κ1) is 21.9. The van der Waals surface area contributed by atoms with Gasteiger partial charge in [-0.3, -0.25) is 10.1 Å². The molecule has 0 aliphatic heterocycles. The van der Waals surface area contributed by atoms with Crippen LogP contribution in [0.5, 0.6) is 17.2 Å². The van der Waals surface area contributed by atoms with Crippen LogP contribution >= 0.6 is 0 Å². The molecule has 0 aliphatic rings. The lowest BCUT2D eigenvalue weighted by atomic mass is 9.85. The molecular formula is C22H25NO6. The maximum absolute atomic E-state index is 12.3. The Balaban J connectivity index is 2.09. The Kier molecular flexibility index (Phi) is 6.98. The summed E-state index contributed by atoms with van der Waals surface area (Å²) in [5.74, 6) is 0.540. The fourth-order valence-electron chi connectivity index (χ4n) is 2.66. The number of rotatable bonds is 7. The Bertz CT molecular complexity index is 927. The number of carbonyl (C=O) groups excluding carboxylic acids is 1. The van der Waals surface area contributed by atoms with Gasteiger partial charge in [0, 0.05) is 6.08 Å². The average Bonchev–Trinajstić information content (AvgIpc) is 2.65. The Morgan fingerprint density at radius 1 is 1.10 bits per heavy atom. The molecule has 2 aromatic rings. The molecule has 0 saturated heterocycles. The molecule has 0 aliphatic carbocycles. The lowest BCUT2D eigenvalue weighted by Crippen LogP contribution is -2.20. The smallest absolute Gasteiger partial charge is 0.349 e. The number of hydrogen-bond acceptors (Lipinski definition) is 6. The van der Waals surface area contributed by atoms with E-state index in [4.69, 9.17) is 14.2 Å². The second-order valence-corrected chi connectivity index (χ2v) is 7.52. The van der Waals surface area contributed by atoms with Crippen LogP contribution in [0.4, 0.5) is 0 Å². The number of nitro groups is 1. The van der Waals surface area contributed by atoms with Crippen molar-refractivity contribution in [2.75, 3.05) is 13.7 Å². The largest absolute Gasteiger partial charge is 0.493 e. The average molecular weight is 399 g/mol. The molecule has 0 radical (unpaired) electrons. The standard InChI is InChI=1S/C22H25NO6/c1-15-6-8-18(17(12-15)22(2,3)4)28-14-21(24)29-19-9-7-16(10-11-23(25)26)13-20(19)27-5/h6-13H,14H2,1-5H3. The summed E-state index contributed by atoms with van der Waals surface area (Å²) < 4.78 is 16.3. The predicted molar refractivity (Wildman–Crippen MR) is 110 cm³/mol. The maximum atomic E-state index is 12.3. The van der Waals surface area contributed by atoms with E-state index in [2.05, 4.69) is 20.8 Å². The van der Waals surface area contributed by atoms with Crippen LogP contribution in [0.25, 0.3) is 6.08 Å². The van der Waals surface area contributed by atoms with Crippen molar-refractivity contribution in [2.45, 2.75) is 33.1 Å². The number of benzene rings is 2. The number of hydrogen-bond donors (Lipinski definition) is 0.